The smallest absolute Gasteiger partial charge is 0.304 e. The highest BCUT2D eigenvalue weighted by Gasteiger charge is 2.32. The van der Waals surface area contributed by atoms with Crippen molar-refractivity contribution in [1.82, 2.24) is 14.5 Å². The topological polar surface area (TPSA) is 90.0 Å². The summed E-state index contributed by atoms with van der Waals surface area (Å²) in [5.74, 6) is -1.36. The number of rotatable bonds is 10. The molecule has 0 fully saturated rings. The Morgan fingerprint density at radius 1 is 1.03 bits per heavy atom. The molecule has 2 aromatic carbocycles. The molecule has 0 aromatic heterocycles. The number of para-hydroxylation sites is 1. The molecular formula is C22H29FN4O4S. The van der Waals surface area contributed by atoms with E-state index in [0.717, 1.165) is 8.61 Å². The van der Waals surface area contributed by atoms with Gasteiger partial charge in [0.15, 0.2) is 0 Å². The summed E-state index contributed by atoms with van der Waals surface area (Å²) in [6, 6.07) is 13.0. The van der Waals surface area contributed by atoms with Crippen molar-refractivity contribution >= 4 is 27.7 Å². The number of nitrogens with zero attached hydrogens (tertiary/aromatic N) is 3. The van der Waals surface area contributed by atoms with Crippen LogP contribution in [0.3, 0.4) is 0 Å². The van der Waals surface area contributed by atoms with Gasteiger partial charge < -0.3 is 10.2 Å². The monoisotopic (exact) mass is 464 g/mol. The van der Waals surface area contributed by atoms with Crippen LogP contribution in [0, 0.1) is 5.82 Å². The van der Waals surface area contributed by atoms with Crippen LogP contribution in [0.2, 0.25) is 0 Å². The minimum absolute atomic E-state index is 0.0159. The summed E-state index contributed by atoms with van der Waals surface area (Å²) in [6.07, 6.45) is 0. The zero-order valence-corrected chi connectivity index (χ0v) is 19.5. The summed E-state index contributed by atoms with van der Waals surface area (Å²) < 4.78 is 41.2. The van der Waals surface area contributed by atoms with Crippen LogP contribution in [0.5, 0.6) is 0 Å². The van der Waals surface area contributed by atoms with E-state index in [1.54, 1.807) is 44.2 Å². The van der Waals surface area contributed by atoms with E-state index < -0.39 is 34.5 Å². The van der Waals surface area contributed by atoms with Crippen LogP contribution in [0.1, 0.15) is 19.4 Å². The standard InChI is InChI=1S/C22H29FN4O4S/c1-5-24-22(29)17(2)26(15-18-11-13-19(23)14-12-18)21(28)16-27(32(30,31)25(3)4)20-9-7-6-8-10-20/h6-14,17H,5,15-16H2,1-4H3,(H,24,29). The molecule has 0 aliphatic rings. The highest BCUT2D eigenvalue weighted by Crippen LogP contribution is 2.20. The lowest BCUT2D eigenvalue weighted by Crippen LogP contribution is -2.52. The lowest BCUT2D eigenvalue weighted by atomic mass is 10.1. The van der Waals surface area contributed by atoms with E-state index in [1.165, 1.54) is 43.3 Å². The van der Waals surface area contributed by atoms with E-state index in [9.17, 15) is 22.4 Å². The molecule has 32 heavy (non-hydrogen) atoms. The van der Waals surface area contributed by atoms with Crippen LogP contribution >= 0.6 is 0 Å². The molecule has 0 aliphatic carbocycles. The molecule has 0 radical (unpaired) electrons. The number of carbonyl (C=O) groups is 2. The van der Waals surface area contributed by atoms with E-state index >= 15 is 0 Å². The molecule has 174 valence electrons. The summed E-state index contributed by atoms with van der Waals surface area (Å²) in [7, 11) is -1.23. The van der Waals surface area contributed by atoms with Gasteiger partial charge in [0.05, 0.1) is 5.69 Å². The van der Waals surface area contributed by atoms with Crippen LogP contribution in [-0.4, -0.2) is 62.7 Å². The quantitative estimate of drug-likeness (QED) is 0.582. The van der Waals surface area contributed by atoms with Gasteiger partial charge in [0.25, 0.3) is 0 Å². The molecule has 0 bridgehead atoms. The van der Waals surface area contributed by atoms with Crippen molar-refractivity contribution in [3.05, 3.63) is 66.0 Å². The highest BCUT2D eigenvalue weighted by atomic mass is 32.2. The van der Waals surface area contributed by atoms with Gasteiger partial charge in [-0.25, -0.2) is 8.70 Å². The number of hydrogen-bond donors (Lipinski definition) is 1. The molecule has 0 heterocycles. The second kappa shape index (κ2) is 11.1. The van der Waals surface area contributed by atoms with Crippen molar-refractivity contribution in [3.8, 4) is 0 Å². The lowest BCUT2D eigenvalue weighted by molar-refractivity contribution is -0.139. The van der Waals surface area contributed by atoms with E-state index in [1.807, 2.05) is 0 Å². The van der Waals surface area contributed by atoms with Gasteiger partial charge in [0.2, 0.25) is 11.8 Å². The molecule has 0 saturated heterocycles. The van der Waals surface area contributed by atoms with E-state index in [-0.39, 0.29) is 12.5 Å². The number of amides is 2. The number of carbonyl (C=O) groups excluding carboxylic acids is 2. The Kier molecular flexibility index (Phi) is 8.73. The summed E-state index contributed by atoms with van der Waals surface area (Å²) in [6.45, 7) is 3.22. The molecule has 0 aliphatic heterocycles. The molecule has 1 atom stereocenters. The molecule has 0 spiro atoms. The van der Waals surface area contributed by atoms with Gasteiger partial charge in [-0.2, -0.15) is 12.7 Å². The molecule has 2 rings (SSSR count). The fourth-order valence-electron chi connectivity index (χ4n) is 3.00. The van der Waals surface area contributed by atoms with Gasteiger partial charge in [-0.05, 0) is 43.7 Å². The van der Waals surface area contributed by atoms with Gasteiger partial charge in [-0.1, -0.05) is 30.3 Å². The number of anilines is 1. The average molecular weight is 465 g/mol. The van der Waals surface area contributed by atoms with Crippen LogP contribution in [0.15, 0.2) is 54.6 Å². The first-order valence-corrected chi connectivity index (χ1v) is 11.5. The van der Waals surface area contributed by atoms with E-state index in [0.29, 0.717) is 17.8 Å². The number of likely N-dealkylation sites (N-methyl/N-ethyl adjacent to an activating group) is 1. The Bertz CT molecular complexity index is 1010. The summed E-state index contributed by atoms with van der Waals surface area (Å²) >= 11 is 0. The molecule has 2 amide bonds. The predicted octanol–water partition coefficient (Wildman–Crippen LogP) is 1.99. The van der Waals surface area contributed by atoms with Gasteiger partial charge >= 0.3 is 10.2 Å². The maximum Gasteiger partial charge on any atom is 0.304 e. The predicted molar refractivity (Wildman–Crippen MR) is 121 cm³/mol. The first-order chi connectivity index (χ1) is 15.1. The third kappa shape index (κ3) is 6.27. The number of halogens is 1. The minimum atomic E-state index is -3.99. The number of hydrogen-bond acceptors (Lipinski definition) is 4. The largest absolute Gasteiger partial charge is 0.355 e. The zero-order chi connectivity index (χ0) is 23.9. The Labute approximate surface area is 188 Å². The van der Waals surface area contributed by atoms with Crippen LogP contribution in [-0.2, 0) is 26.3 Å². The average Bonchev–Trinajstić information content (AvgIpc) is 2.77. The number of benzene rings is 2. The van der Waals surface area contributed by atoms with Crippen LogP contribution < -0.4 is 9.62 Å². The van der Waals surface area contributed by atoms with Gasteiger partial charge in [-0.3, -0.25) is 9.59 Å². The molecule has 10 heteroatoms. The van der Waals surface area contributed by atoms with E-state index in [4.69, 9.17) is 0 Å². The normalized spacial score (nSPS) is 12.3. The second-order valence-corrected chi connectivity index (χ2v) is 9.42. The van der Waals surface area contributed by atoms with Gasteiger partial charge in [0, 0.05) is 27.2 Å². The van der Waals surface area contributed by atoms with Crippen molar-refractivity contribution in [2.24, 2.45) is 0 Å². The third-order valence-electron chi connectivity index (χ3n) is 4.85. The summed E-state index contributed by atoms with van der Waals surface area (Å²) in [5.41, 5.74) is 0.930. The van der Waals surface area contributed by atoms with Crippen molar-refractivity contribution in [1.29, 1.82) is 0 Å². The molecule has 8 nitrogen and oxygen atoms in total. The van der Waals surface area contributed by atoms with E-state index in [2.05, 4.69) is 5.32 Å². The van der Waals surface area contributed by atoms with Gasteiger partial charge in [-0.15, -0.1) is 0 Å². The van der Waals surface area contributed by atoms with Crippen LogP contribution in [0.25, 0.3) is 0 Å². The van der Waals surface area contributed by atoms with Crippen molar-refractivity contribution in [2.75, 3.05) is 31.5 Å². The minimum Gasteiger partial charge on any atom is -0.355 e. The summed E-state index contributed by atoms with van der Waals surface area (Å²) in [5, 5.41) is 2.68. The molecule has 1 unspecified atom stereocenters. The second-order valence-electron chi connectivity index (χ2n) is 7.35. The zero-order valence-electron chi connectivity index (χ0n) is 18.7. The Morgan fingerprint density at radius 3 is 2.16 bits per heavy atom. The Morgan fingerprint density at radius 2 is 1.62 bits per heavy atom. The first-order valence-electron chi connectivity index (χ1n) is 10.1. The van der Waals surface area contributed by atoms with Crippen LogP contribution in [0.4, 0.5) is 10.1 Å². The highest BCUT2D eigenvalue weighted by molar-refractivity contribution is 7.90. The summed E-state index contributed by atoms with van der Waals surface area (Å²) in [4.78, 5) is 27.1. The fraction of sp³-hybridized carbons (Fsp3) is 0.364. The Balaban J connectivity index is 2.40. The first kappa shape index (κ1) is 25.3. The van der Waals surface area contributed by atoms with Gasteiger partial charge in [0.1, 0.15) is 18.4 Å². The maximum atomic E-state index is 13.4. The molecule has 0 saturated carbocycles. The third-order valence-corrected chi connectivity index (χ3v) is 6.67. The molecule has 1 N–H and O–H groups in total. The van der Waals surface area contributed by atoms with Crippen molar-refractivity contribution in [2.45, 2.75) is 26.4 Å². The van der Waals surface area contributed by atoms with Crippen molar-refractivity contribution in [3.63, 3.8) is 0 Å². The lowest BCUT2D eigenvalue weighted by Gasteiger charge is -2.32. The SMILES string of the molecule is CCNC(=O)C(C)N(Cc1ccc(F)cc1)C(=O)CN(c1ccccc1)S(=O)(=O)N(C)C. The van der Waals surface area contributed by atoms with Crippen molar-refractivity contribution < 1.29 is 22.4 Å². The number of nitrogens with one attached hydrogen (secondary N) is 1. The molecular weight excluding hydrogens is 435 g/mol. The fourth-order valence-corrected chi connectivity index (χ4v) is 4.06. The maximum absolute atomic E-state index is 13.4. The Hall–Kier alpha value is -2.98. The molecule has 2 aromatic rings.